The van der Waals surface area contributed by atoms with Crippen LogP contribution in [0.5, 0.6) is 5.75 Å². The molecule has 1 aromatic rings. The van der Waals surface area contributed by atoms with Crippen molar-refractivity contribution in [3.8, 4) is 5.75 Å². The molecule has 6 heteroatoms. The Kier molecular flexibility index (Phi) is 6.70. The molecular formula is C13H17BO5. The van der Waals surface area contributed by atoms with Crippen molar-refractivity contribution >= 4 is 18.6 Å². The number of carbonyl (C=O) groups is 1. The van der Waals surface area contributed by atoms with Gasteiger partial charge in [0.2, 0.25) is 0 Å². The lowest BCUT2D eigenvalue weighted by atomic mass is 9.80. The van der Waals surface area contributed by atoms with Crippen LogP contribution in [0.4, 0.5) is 0 Å². The summed E-state index contributed by atoms with van der Waals surface area (Å²) in [7, 11) is -1.46. The highest BCUT2D eigenvalue weighted by Gasteiger charge is 2.09. The normalized spacial score (nSPS) is 9.79. The maximum atomic E-state index is 10.7. The number of rotatable bonds is 8. The molecule has 19 heavy (non-hydrogen) atoms. The molecule has 5 nitrogen and oxygen atoms in total. The highest BCUT2D eigenvalue weighted by atomic mass is 16.5. The van der Waals surface area contributed by atoms with Gasteiger partial charge in [-0.25, -0.2) is 4.79 Å². The zero-order valence-corrected chi connectivity index (χ0v) is 10.6. The highest BCUT2D eigenvalue weighted by molar-refractivity contribution is 6.58. The van der Waals surface area contributed by atoms with Gasteiger partial charge in [0.05, 0.1) is 13.2 Å². The van der Waals surface area contributed by atoms with Gasteiger partial charge in [-0.3, -0.25) is 0 Å². The monoisotopic (exact) mass is 264 g/mol. The first-order valence-electron chi connectivity index (χ1n) is 6.01. The fourth-order valence-corrected chi connectivity index (χ4v) is 1.36. The van der Waals surface area contributed by atoms with Crippen LogP contribution in [-0.4, -0.2) is 36.3 Å². The quantitative estimate of drug-likeness (QED) is 0.305. The maximum Gasteiger partial charge on any atom is 0.488 e. The van der Waals surface area contributed by atoms with Gasteiger partial charge >= 0.3 is 13.1 Å². The summed E-state index contributed by atoms with van der Waals surface area (Å²) in [4.78, 5) is 10.7. The molecule has 0 saturated carbocycles. The third-order valence-corrected chi connectivity index (χ3v) is 2.40. The summed E-state index contributed by atoms with van der Waals surface area (Å²) in [5, 5.41) is 17.8. The SMILES string of the molecule is C=CC(=O)OCCCCOc1ccc(B(O)O)cc1. The standard InChI is InChI=1S/C13H17BO5/c1-2-13(15)19-10-4-3-9-18-12-7-5-11(6-8-12)14(16)17/h2,5-8,16-17H,1,3-4,9-10H2. The third-order valence-electron chi connectivity index (χ3n) is 2.40. The fourth-order valence-electron chi connectivity index (χ4n) is 1.36. The van der Waals surface area contributed by atoms with E-state index in [0.717, 1.165) is 12.5 Å². The molecule has 0 atom stereocenters. The molecule has 1 rings (SSSR count). The van der Waals surface area contributed by atoms with Crippen molar-refractivity contribution in [1.82, 2.24) is 0 Å². The van der Waals surface area contributed by atoms with Gasteiger partial charge in [0.15, 0.2) is 0 Å². The maximum absolute atomic E-state index is 10.7. The van der Waals surface area contributed by atoms with Gasteiger partial charge in [-0.05, 0) is 30.4 Å². The Morgan fingerprint density at radius 3 is 2.42 bits per heavy atom. The molecule has 0 aromatic heterocycles. The molecule has 0 aliphatic heterocycles. The van der Waals surface area contributed by atoms with Crippen LogP contribution >= 0.6 is 0 Å². The van der Waals surface area contributed by atoms with Crippen LogP contribution in [0.3, 0.4) is 0 Å². The third kappa shape index (κ3) is 6.08. The summed E-state index contributed by atoms with van der Waals surface area (Å²) < 4.78 is 10.3. The largest absolute Gasteiger partial charge is 0.494 e. The van der Waals surface area contributed by atoms with Crippen molar-refractivity contribution in [2.45, 2.75) is 12.8 Å². The number of carbonyl (C=O) groups excluding carboxylic acids is 1. The topological polar surface area (TPSA) is 76.0 Å². The molecule has 0 radical (unpaired) electrons. The van der Waals surface area contributed by atoms with E-state index in [1.165, 1.54) is 0 Å². The predicted octanol–water partition coefficient (Wildman–Crippen LogP) is 0.255. The van der Waals surface area contributed by atoms with Crippen molar-refractivity contribution in [1.29, 1.82) is 0 Å². The highest BCUT2D eigenvalue weighted by Crippen LogP contribution is 2.08. The van der Waals surface area contributed by atoms with E-state index in [1.807, 2.05) is 0 Å². The second-order valence-electron chi connectivity index (χ2n) is 3.87. The van der Waals surface area contributed by atoms with E-state index in [0.29, 0.717) is 30.8 Å². The Balaban J connectivity index is 2.15. The molecule has 0 unspecified atom stereocenters. The summed E-state index contributed by atoms with van der Waals surface area (Å²) in [6, 6.07) is 6.52. The lowest BCUT2D eigenvalue weighted by Crippen LogP contribution is -2.29. The molecule has 0 aliphatic carbocycles. The Morgan fingerprint density at radius 1 is 1.21 bits per heavy atom. The van der Waals surface area contributed by atoms with Gasteiger partial charge in [-0.15, -0.1) is 0 Å². The summed E-state index contributed by atoms with van der Waals surface area (Å²) in [5.41, 5.74) is 0.420. The molecule has 0 heterocycles. The van der Waals surface area contributed by atoms with Gasteiger partial charge in [0.1, 0.15) is 5.75 Å². The van der Waals surface area contributed by atoms with E-state index in [2.05, 4.69) is 6.58 Å². The van der Waals surface area contributed by atoms with Crippen molar-refractivity contribution in [2.24, 2.45) is 0 Å². The zero-order chi connectivity index (χ0) is 14.1. The minimum Gasteiger partial charge on any atom is -0.494 e. The molecule has 0 fully saturated rings. The predicted molar refractivity (Wildman–Crippen MR) is 72.2 cm³/mol. The molecule has 102 valence electrons. The average Bonchev–Trinajstić information content (AvgIpc) is 2.42. The average molecular weight is 264 g/mol. The minimum atomic E-state index is -1.46. The van der Waals surface area contributed by atoms with Crippen molar-refractivity contribution < 1.29 is 24.3 Å². The Hall–Kier alpha value is -1.79. The van der Waals surface area contributed by atoms with Crippen LogP contribution in [0, 0.1) is 0 Å². The summed E-state index contributed by atoms with van der Waals surface area (Å²) in [6.45, 7) is 4.16. The van der Waals surface area contributed by atoms with E-state index in [1.54, 1.807) is 24.3 Å². The molecular weight excluding hydrogens is 247 g/mol. The van der Waals surface area contributed by atoms with Crippen LogP contribution in [0.1, 0.15) is 12.8 Å². The van der Waals surface area contributed by atoms with Gasteiger partial charge in [-0.2, -0.15) is 0 Å². The first-order chi connectivity index (χ1) is 9.13. The number of unbranched alkanes of at least 4 members (excludes halogenated alkanes) is 1. The Bertz CT molecular complexity index is 402. The molecule has 0 aliphatic rings. The van der Waals surface area contributed by atoms with E-state index in [9.17, 15) is 4.79 Å². The van der Waals surface area contributed by atoms with E-state index in [-0.39, 0.29) is 0 Å². The fraction of sp³-hybridized carbons (Fsp3) is 0.308. The van der Waals surface area contributed by atoms with Gasteiger partial charge in [0.25, 0.3) is 0 Å². The number of ether oxygens (including phenoxy) is 2. The molecule has 1 aromatic carbocycles. The number of hydrogen-bond donors (Lipinski definition) is 2. The smallest absolute Gasteiger partial charge is 0.488 e. The Morgan fingerprint density at radius 2 is 1.84 bits per heavy atom. The van der Waals surface area contributed by atoms with Gasteiger partial charge in [-0.1, -0.05) is 18.7 Å². The number of benzene rings is 1. The van der Waals surface area contributed by atoms with E-state index >= 15 is 0 Å². The number of hydrogen-bond acceptors (Lipinski definition) is 5. The van der Waals surface area contributed by atoms with Crippen molar-refractivity contribution in [2.75, 3.05) is 13.2 Å². The first kappa shape index (κ1) is 15.3. The molecule has 0 bridgehead atoms. The molecule has 0 spiro atoms. The second-order valence-corrected chi connectivity index (χ2v) is 3.87. The second kappa shape index (κ2) is 8.34. The lowest BCUT2D eigenvalue weighted by Gasteiger charge is -2.07. The lowest BCUT2D eigenvalue weighted by molar-refractivity contribution is -0.137. The van der Waals surface area contributed by atoms with Gasteiger partial charge in [0, 0.05) is 6.08 Å². The Labute approximate surface area is 112 Å². The van der Waals surface area contributed by atoms with E-state index < -0.39 is 13.1 Å². The summed E-state index contributed by atoms with van der Waals surface area (Å²) in [6.07, 6.45) is 2.61. The van der Waals surface area contributed by atoms with Gasteiger partial charge < -0.3 is 19.5 Å². The van der Waals surface area contributed by atoms with E-state index in [4.69, 9.17) is 19.5 Å². The zero-order valence-electron chi connectivity index (χ0n) is 10.6. The molecule has 2 N–H and O–H groups in total. The number of esters is 1. The van der Waals surface area contributed by atoms with Crippen LogP contribution in [0.2, 0.25) is 0 Å². The first-order valence-corrected chi connectivity index (χ1v) is 6.01. The van der Waals surface area contributed by atoms with Crippen LogP contribution in [-0.2, 0) is 9.53 Å². The summed E-state index contributed by atoms with van der Waals surface area (Å²) in [5.74, 6) is 0.242. The molecule has 0 amide bonds. The van der Waals surface area contributed by atoms with Crippen LogP contribution < -0.4 is 10.2 Å². The summed E-state index contributed by atoms with van der Waals surface area (Å²) >= 11 is 0. The van der Waals surface area contributed by atoms with Crippen LogP contribution in [0.25, 0.3) is 0 Å². The molecule has 0 saturated heterocycles. The van der Waals surface area contributed by atoms with Crippen molar-refractivity contribution in [3.63, 3.8) is 0 Å². The van der Waals surface area contributed by atoms with Crippen LogP contribution in [0.15, 0.2) is 36.9 Å². The van der Waals surface area contributed by atoms with Crippen molar-refractivity contribution in [3.05, 3.63) is 36.9 Å². The minimum absolute atomic E-state index is 0.351.